The molecule has 22 heavy (non-hydrogen) atoms. The van der Waals surface area contributed by atoms with Crippen LogP contribution in [-0.2, 0) is 9.47 Å². The van der Waals surface area contributed by atoms with Crippen molar-refractivity contribution in [2.45, 2.75) is 32.4 Å². The predicted molar refractivity (Wildman–Crippen MR) is 84.8 cm³/mol. The molecule has 1 aromatic carbocycles. The standard InChI is InChI=1S/C16H24N2O4/c1-16(2,3)22-15(20)10-4-5-12(17)13(6-10)18-14-9-21-8-11(14)7-19/h4-6,11,14,18-19H,7-9,17H2,1-3H3/t11-,14+/m0/s1. The number of aliphatic hydroxyl groups is 1. The summed E-state index contributed by atoms with van der Waals surface area (Å²) in [6.07, 6.45) is 0. The van der Waals surface area contributed by atoms with Gasteiger partial charge in [-0.2, -0.15) is 0 Å². The molecule has 2 atom stereocenters. The first kappa shape index (κ1) is 16.6. The summed E-state index contributed by atoms with van der Waals surface area (Å²) in [7, 11) is 0. The van der Waals surface area contributed by atoms with Gasteiger partial charge in [-0.3, -0.25) is 0 Å². The summed E-state index contributed by atoms with van der Waals surface area (Å²) in [6, 6.07) is 4.96. The highest BCUT2D eigenvalue weighted by molar-refractivity contribution is 5.92. The summed E-state index contributed by atoms with van der Waals surface area (Å²) in [6.45, 7) is 6.53. The summed E-state index contributed by atoms with van der Waals surface area (Å²) < 4.78 is 10.7. The molecule has 0 radical (unpaired) electrons. The molecule has 0 unspecified atom stereocenters. The summed E-state index contributed by atoms with van der Waals surface area (Å²) in [4.78, 5) is 12.1. The van der Waals surface area contributed by atoms with Crippen LogP contribution < -0.4 is 11.1 Å². The molecule has 1 aromatic rings. The van der Waals surface area contributed by atoms with Gasteiger partial charge in [0.15, 0.2) is 0 Å². The van der Waals surface area contributed by atoms with Gasteiger partial charge in [0.25, 0.3) is 0 Å². The molecule has 1 fully saturated rings. The fourth-order valence-electron chi connectivity index (χ4n) is 2.28. The zero-order chi connectivity index (χ0) is 16.3. The Morgan fingerprint density at radius 2 is 2.18 bits per heavy atom. The van der Waals surface area contributed by atoms with Crippen molar-refractivity contribution in [3.63, 3.8) is 0 Å². The van der Waals surface area contributed by atoms with Crippen LogP contribution in [0, 0.1) is 5.92 Å². The van der Waals surface area contributed by atoms with Crippen LogP contribution in [0.25, 0.3) is 0 Å². The number of esters is 1. The van der Waals surface area contributed by atoms with E-state index in [1.807, 2.05) is 20.8 Å². The van der Waals surface area contributed by atoms with E-state index in [9.17, 15) is 9.90 Å². The van der Waals surface area contributed by atoms with Crippen LogP contribution >= 0.6 is 0 Å². The van der Waals surface area contributed by atoms with Gasteiger partial charge in [0.2, 0.25) is 0 Å². The minimum absolute atomic E-state index is 0.0181. The minimum Gasteiger partial charge on any atom is -0.456 e. The number of carbonyl (C=O) groups is 1. The molecule has 0 aromatic heterocycles. The van der Waals surface area contributed by atoms with Crippen molar-refractivity contribution in [3.05, 3.63) is 23.8 Å². The maximum Gasteiger partial charge on any atom is 0.338 e. The van der Waals surface area contributed by atoms with E-state index in [4.69, 9.17) is 15.2 Å². The molecule has 0 bridgehead atoms. The highest BCUT2D eigenvalue weighted by atomic mass is 16.6. The Hall–Kier alpha value is -1.79. The first-order valence-electron chi connectivity index (χ1n) is 7.38. The van der Waals surface area contributed by atoms with Crippen LogP contribution in [0.3, 0.4) is 0 Å². The topological polar surface area (TPSA) is 93.8 Å². The van der Waals surface area contributed by atoms with Crippen LogP contribution in [0.2, 0.25) is 0 Å². The Morgan fingerprint density at radius 1 is 1.45 bits per heavy atom. The fourth-order valence-corrected chi connectivity index (χ4v) is 2.28. The van der Waals surface area contributed by atoms with Gasteiger partial charge in [0.1, 0.15) is 5.60 Å². The first-order valence-corrected chi connectivity index (χ1v) is 7.38. The number of hydrogen-bond acceptors (Lipinski definition) is 6. The van der Waals surface area contributed by atoms with Crippen molar-refractivity contribution in [1.82, 2.24) is 0 Å². The molecule has 4 N–H and O–H groups in total. The van der Waals surface area contributed by atoms with E-state index < -0.39 is 11.6 Å². The van der Waals surface area contributed by atoms with Crippen molar-refractivity contribution in [2.75, 3.05) is 30.9 Å². The van der Waals surface area contributed by atoms with Crippen LogP contribution in [0.1, 0.15) is 31.1 Å². The molecule has 1 saturated heterocycles. The van der Waals surface area contributed by atoms with Crippen LogP contribution in [0.5, 0.6) is 0 Å². The zero-order valence-corrected chi connectivity index (χ0v) is 13.3. The molecule has 0 saturated carbocycles. The van der Waals surface area contributed by atoms with Gasteiger partial charge in [0, 0.05) is 5.92 Å². The van der Waals surface area contributed by atoms with E-state index >= 15 is 0 Å². The molecule has 0 amide bonds. The molecule has 2 rings (SSSR count). The molecule has 122 valence electrons. The molecule has 1 heterocycles. The van der Waals surface area contributed by atoms with E-state index in [1.54, 1.807) is 18.2 Å². The Balaban J connectivity index is 2.15. The zero-order valence-electron chi connectivity index (χ0n) is 13.3. The summed E-state index contributed by atoms with van der Waals surface area (Å²) in [5.74, 6) is -0.374. The molecule has 6 nitrogen and oxygen atoms in total. The smallest absolute Gasteiger partial charge is 0.338 e. The highest BCUT2D eigenvalue weighted by Crippen LogP contribution is 2.25. The Bertz CT molecular complexity index is 539. The molecule has 1 aliphatic rings. The predicted octanol–water partition coefficient (Wildman–Crippen LogP) is 1.64. The lowest BCUT2D eigenvalue weighted by atomic mass is 10.0. The molecule has 1 aliphatic heterocycles. The second-order valence-electron chi connectivity index (χ2n) is 6.53. The lowest BCUT2D eigenvalue weighted by molar-refractivity contribution is 0.00696. The second kappa shape index (κ2) is 6.54. The maximum atomic E-state index is 12.1. The summed E-state index contributed by atoms with van der Waals surface area (Å²) in [5.41, 5.74) is 7.04. The summed E-state index contributed by atoms with van der Waals surface area (Å²) >= 11 is 0. The highest BCUT2D eigenvalue weighted by Gasteiger charge is 2.28. The van der Waals surface area contributed by atoms with Gasteiger partial charge in [-0.05, 0) is 39.0 Å². The number of anilines is 2. The Morgan fingerprint density at radius 3 is 2.82 bits per heavy atom. The van der Waals surface area contributed by atoms with Crippen molar-refractivity contribution in [2.24, 2.45) is 5.92 Å². The Kier molecular flexibility index (Phi) is 4.93. The van der Waals surface area contributed by atoms with Gasteiger partial charge in [0.05, 0.1) is 42.8 Å². The normalized spacial score (nSPS) is 21.6. The van der Waals surface area contributed by atoms with Crippen molar-refractivity contribution in [3.8, 4) is 0 Å². The summed E-state index contributed by atoms with van der Waals surface area (Å²) in [5, 5.41) is 12.6. The fraction of sp³-hybridized carbons (Fsp3) is 0.562. The van der Waals surface area contributed by atoms with E-state index in [0.717, 1.165) is 0 Å². The SMILES string of the molecule is CC(C)(C)OC(=O)c1ccc(N)c(N[C@@H]2COC[C@@H]2CO)c1. The number of nitrogens with one attached hydrogen (secondary N) is 1. The maximum absolute atomic E-state index is 12.1. The van der Waals surface area contributed by atoms with Crippen LogP contribution in [0.15, 0.2) is 18.2 Å². The number of ether oxygens (including phenoxy) is 2. The molecule has 0 spiro atoms. The number of nitrogens with two attached hydrogens (primary N) is 1. The van der Waals surface area contributed by atoms with Gasteiger partial charge < -0.3 is 25.6 Å². The number of rotatable bonds is 4. The second-order valence-corrected chi connectivity index (χ2v) is 6.53. The number of hydrogen-bond donors (Lipinski definition) is 3. The largest absolute Gasteiger partial charge is 0.456 e. The quantitative estimate of drug-likeness (QED) is 0.578. The number of carbonyl (C=O) groups excluding carboxylic acids is 1. The lowest BCUT2D eigenvalue weighted by Gasteiger charge is -2.22. The molecular weight excluding hydrogens is 284 g/mol. The number of aliphatic hydroxyl groups excluding tert-OH is 1. The monoisotopic (exact) mass is 308 g/mol. The van der Waals surface area contributed by atoms with Crippen LogP contribution in [-0.4, -0.2) is 42.5 Å². The van der Waals surface area contributed by atoms with Crippen molar-refractivity contribution in [1.29, 1.82) is 0 Å². The van der Waals surface area contributed by atoms with Gasteiger partial charge in [-0.25, -0.2) is 4.79 Å². The van der Waals surface area contributed by atoms with E-state index in [2.05, 4.69) is 5.32 Å². The van der Waals surface area contributed by atoms with Gasteiger partial charge >= 0.3 is 5.97 Å². The number of nitrogen functional groups attached to an aromatic ring is 1. The first-order chi connectivity index (χ1) is 10.3. The van der Waals surface area contributed by atoms with Gasteiger partial charge in [-0.15, -0.1) is 0 Å². The van der Waals surface area contributed by atoms with E-state index in [0.29, 0.717) is 30.2 Å². The minimum atomic E-state index is -0.548. The van der Waals surface area contributed by atoms with Crippen molar-refractivity contribution >= 4 is 17.3 Å². The number of benzene rings is 1. The third-order valence-electron chi connectivity index (χ3n) is 3.46. The third-order valence-corrected chi connectivity index (χ3v) is 3.46. The molecule has 0 aliphatic carbocycles. The third kappa shape index (κ3) is 4.11. The molecular formula is C16H24N2O4. The van der Waals surface area contributed by atoms with Gasteiger partial charge in [-0.1, -0.05) is 0 Å². The van der Waals surface area contributed by atoms with E-state index in [-0.39, 0.29) is 18.6 Å². The molecule has 6 heteroatoms. The Labute approximate surface area is 130 Å². The van der Waals surface area contributed by atoms with Crippen LogP contribution in [0.4, 0.5) is 11.4 Å². The average Bonchev–Trinajstić information content (AvgIpc) is 2.86. The van der Waals surface area contributed by atoms with Crippen molar-refractivity contribution < 1.29 is 19.4 Å². The average molecular weight is 308 g/mol. The lowest BCUT2D eigenvalue weighted by Crippen LogP contribution is -2.30. The van der Waals surface area contributed by atoms with E-state index in [1.165, 1.54) is 0 Å².